The van der Waals surface area contributed by atoms with Crippen LogP contribution in [-0.2, 0) is 0 Å². The van der Waals surface area contributed by atoms with Crippen molar-refractivity contribution in [3.63, 3.8) is 0 Å². The minimum absolute atomic E-state index is 0.0323. The van der Waals surface area contributed by atoms with Crippen LogP contribution < -0.4 is 10.5 Å². The molecule has 98 valence electrons. The Bertz CT molecular complexity index is 422. The number of carbonyl (C=O) groups is 1. The van der Waals surface area contributed by atoms with Crippen LogP contribution in [0.1, 0.15) is 29.6 Å². The largest absolute Gasteiger partial charge is 0.480 e. The van der Waals surface area contributed by atoms with E-state index in [0.717, 1.165) is 25.8 Å². The molecule has 2 N–H and O–H groups in total. The van der Waals surface area contributed by atoms with Crippen LogP contribution in [0.3, 0.4) is 0 Å². The fourth-order valence-electron chi connectivity index (χ4n) is 2.38. The van der Waals surface area contributed by atoms with Gasteiger partial charge in [-0.25, -0.2) is 4.98 Å². The Kier molecular flexibility index (Phi) is 4.15. The first-order chi connectivity index (χ1) is 8.77. The molecule has 1 amide bonds. The lowest BCUT2D eigenvalue weighted by atomic mass is 10.0. The number of aromatic nitrogens is 1. The molecule has 0 aromatic carbocycles. The zero-order valence-corrected chi connectivity index (χ0v) is 10.6. The molecule has 2 rings (SSSR count). The monoisotopic (exact) mass is 249 g/mol. The van der Waals surface area contributed by atoms with Gasteiger partial charge in [0.1, 0.15) is 5.56 Å². The highest BCUT2D eigenvalue weighted by Gasteiger charge is 2.28. The maximum atomic E-state index is 12.5. The predicted octanol–water partition coefficient (Wildman–Crippen LogP) is 1.04. The number of rotatable bonds is 3. The zero-order valence-electron chi connectivity index (χ0n) is 10.6. The molecular formula is C13H19N3O2. The number of hydrogen-bond acceptors (Lipinski definition) is 4. The van der Waals surface area contributed by atoms with Crippen molar-refractivity contribution >= 4 is 5.91 Å². The van der Waals surface area contributed by atoms with Crippen molar-refractivity contribution in [2.75, 3.05) is 20.2 Å². The molecule has 1 saturated heterocycles. The number of amides is 1. The minimum Gasteiger partial charge on any atom is -0.480 e. The van der Waals surface area contributed by atoms with Crippen molar-refractivity contribution in [2.24, 2.45) is 5.73 Å². The van der Waals surface area contributed by atoms with Crippen molar-refractivity contribution in [2.45, 2.75) is 25.3 Å². The predicted molar refractivity (Wildman–Crippen MR) is 68.5 cm³/mol. The number of pyridine rings is 1. The molecule has 0 spiro atoms. The van der Waals surface area contributed by atoms with E-state index in [1.54, 1.807) is 18.3 Å². The molecule has 1 aliphatic heterocycles. The van der Waals surface area contributed by atoms with Gasteiger partial charge in [-0.15, -0.1) is 0 Å². The molecule has 1 fully saturated rings. The second-order valence-corrected chi connectivity index (χ2v) is 4.44. The molecule has 0 aliphatic carbocycles. The van der Waals surface area contributed by atoms with Gasteiger partial charge in [-0.3, -0.25) is 4.79 Å². The fourth-order valence-corrected chi connectivity index (χ4v) is 2.38. The van der Waals surface area contributed by atoms with E-state index in [-0.39, 0.29) is 11.9 Å². The summed E-state index contributed by atoms with van der Waals surface area (Å²) >= 11 is 0. The van der Waals surface area contributed by atoms with E-state index < -0.39 is 0 Å². The van der Waals surface area contributed by atoms with Crippen LogP contribution in [0.25, 0.3) is 0 Å². The van der Waals surface area contributed by atoms with Gasteiger partial charge >= 0.3 is 0 Å². The molecule has 0 bridgehead atoms. The number of ether oxygens (including phenoxy) is 1. The van der Waals surface area contributed by atoms with Crippen LogP contribution in [0, 0.1) is 0 Å². The van der Waals surface area contributed by atoms with E-state index in [1.807, 2.05) is 4.90 Å². The van der Waals surface area contributed by atoms with E-state index in [0.29, 0.717) is 18.0 Å². The van der Waals surface area contributed by atoms with Crippen LogP contribution in [0.4, 0.5) is 0 Å². The van der Waals surface area contributed by atoms with Crippen LogP contribution >= 0.6 is 0 Å². The Balaban J connectivity index is 2.24. The number of piperidine rings is 1. The third-order valence-electron chi connectivity index (χ3n) is 3.35. The Morgan fingerprint density at radius 1 is 1.61 bits per heavy atom. The number of likely N-dealkylation sites (tertiary alicyclic amines) is 1. The van der Waals surface area contributed by atoms with Crippen molar-refractivity contribution in [3.8, 4) is 5.88 Å². The first-order valence-electron chi connectivity index (χ1n) is 6.28. The van der Waals surface area contributed by atoms with Crippen LogP contribution in [0.2, 0.25) is 0 Å². The topological polar surface area (TPSA) is 68.5 Å². The average molecular weight is 249 g/mol. The minimum atomic E-state index is -0.0323. The molecule has 1 aromatic heterocycles. The van der Waals surface area contributed by atoms with Gasteiger partial charge in [0.15, 0.2) is 0 Å². The highest BCUT2D eigenvalue weighted by atomic mass is 16.5. The molecule has 1 aromatic rings. The summed E-state index contributed by atoms with van der Waals surface area (Å²) in [5.41, 5.74) is 6.25. The van der Waals surface area contributed by atoms with Crippen molar-refractivity contribution in [1.82, 2.24) is 9.88 Å². The highest BCUT2D eigenvalue weighted by Crippen LogP contribution is 2.22. The summed E-state index contributed by atoms with van der Waals surface area (Å²) in [6.07, 6.45) is 4.76. The number of methoxy groups -OCH3 is 1. The summed E-state index contributed by atoms with van der Waals surface area (Å²) in [5, 5.41) is 0. The van der Waals surface area contributed by atoms with E-state index in [2.05, 4.69) is 4.98 Å². The lowest BCUT2D eigenvalue weighted by molar-refractivity contribution is 0.0619. The number of hydrogen-bond donors (Lipinski definition) is 1. The molecule has 18 heavy (non-hydrogen) atoms. The summed E-state index contributed by atoms with van der Waals surface area (Å²) in [5.74, 6) is 0.346. The van der Waals surface area contributed by atoms with Gasteiger partial charge in [-0.1, -0.05) is 0 Å². The van der Waals surface area contributed by atoms with Crippen LogP contribution in [0.15, 0.2) is 18.3 Å². The summed E-state index contributed by atoms with van der Waals surface area (Å²) in [7, 11) is 1.52. The number of nitrogens with two attached hydrogens (primary N) is 1. The highest BCUT2D eigenvalue weighted by molar-refractivity contribution is 5.96. The molecule has 5 nitrogen and oxygen atoms in total. The molecular weight excluding hydrogens is 230 g/mol. The van der Waals surface area contributed by atoms with Crippen molar-refractivity contribution < 1.29 is 9.53 Å². The van der Waals surface area contributed by atoms with Gasteiger partial charge in [0, 0.05) is 25.3 Å². The Morgan fingerprint density at radius 3 is 3.17 bits per heavy atom. The normalized spacial score (nSPS) is 19.7. The third kappa shape index (κ3) is 2.46. The molecule has 1 aliphatic rings. The average Bonchev–Trinajstić information content (AvgIpc) is 2.46. The number of nitrogens with zero attached hydrogens (tertiary/aromatic N) is 2. The Hall–Kier alpha value is -1.62. The molecule has 0 radical (unpaired) electrons. The SMILES string of the molecule is COc1ncccc1C(=O)N1CCCCC1CN. The quantitative estimate of drug-likeness (QED) is 0.869. The Labute approximate surface area is 107 Å². The zero-order chi connectivity index (χ0) is 13.0. The molecule has 1 unspecified atom stereocenters. The second-order valence-electron chi connectivity index (χ2n) is 4.44. The summed E-state index contributed by atoms with van der Waals surface area (Å²) in [4.78, 5) is 18.4. The van der Waals surface area contributed by atoms with Gasteiger partial charge < -0.3 is 15.4 Å². The first kappa shape index (κ1) is 12.8. The molecule has 1 atom stereocenters. The molecule has 5 heteroatoms. The summed E-state index contributed by atoms with van der Waals surface area (Å²) in [6, 6.07) is 3.63. The number of carbonyl (C=O) groups excluding carboxylic acids is 1. The standard InChI is InChI=1S/C13H19N3O2/c1-18-12-11(6-4-7-15-12)13(17)16-8-3-2-5-10(16)9-14/h4,6-7,10H,2-3,5,8-9,14H2,1H3. The van der Waals surface area contributed by atoms with Crippen LogP contribution in [0.5, 0.6) is 5.88 Å². The third-order valence-corrected chi connectivity index (χ3v) is 3.35. The van der Waals surface area contributed by atoms with Gasteiger partial charge in [-0.2, -0.15) is 0 Å². The van der Waals surface area contributed by atoms with E-state index >= 15 is 0 Å². The molecule has 0 saturated carbocycles. The van der Waals surface area contributed by atoms with E-state index in [1.165, 1.54) is 7.11 Å². The van der Waals surface area contributed by atoms with Gasteiger partial charge in [0.2, 0.25) is 5.88 Å². The maximum Gasteiger partial charge on any atom is 0.259 e. The summed E-state index contributed by atoms with van der Waals surface area (Å²) in [6.45, 7) is 1.27. The van der Waals surface area contributed by atoms with Gasteiger partial charge in [0.05, 0.1) is 7.11 Å². The summed E-state index contributed by atoms with van der Waals surface area (Å²) < 4.78 is 5.14. The van der Waals surface area contributed by atoms with E-state index in [9.17, 15) is 4.79 Å². The van der Waals surface area contributed by atoms with Crippen molar-refractivity contribution in [3.05, 3.63) is 23.9 Å². The molecule has 2 heterocycles. The smallest absolute Gasteiger partial charge is 0.259 e. The van der Waals surface area contributed by atoms with Gasteiger partial charge in [-0.05, 0) is 31.4 Å². The van der Waals surface area contributed by atoms with Crippen LogP contribution in [-0.4, -0.2) is 42.0 Å². The second kappa shape index (κ2) is 5.82. The van der Waals surface area contributed by atoms with Gasteiger partial charge in [0.25, 0.3) is 5.91 Å². The first-order valence-corrected chi connectivity index (χ1v) is 6.28. The lowest BCUT2D eigenvalue weighted by Crippen LogP contribution is -2.47. The Morgan fingerprint density at radius 2 is 2.44 bits per heavy atom. The van der Waals surface area contributed by atoms with E-state index in [4.69, 9.17) is 10.5 Å². The van der Waals surface area contributed by atoms with Crippen molar-refractivity contribution in [1.29, 1.82) is 0 Å². The maximum absolute atomic E-state index is 12.5. The lowest BCUT2D eigenvalue weighted by Gasteiger charge is -2.35. The fraction of sp³-hybridized carbons (Fsp3) is 0.538.